The van der Waals surface area contributed by atoms with Crippen molar-refractivity contribution in [2.24, 2.45) is 0 Å². The number of hydrogen-bond donors (Lipinski definition) is 2. The highest BCUT2D eigenvalue weighted by atomic mass is 32.2. The van der Waals surface area contributed by atoms with E-state index < -0.39 is 39.3 Å². The molecule has 0 atom stereocenters. The highest BCUT2D eigenvalue weighted by Crippen LogP contribution is 2.32. The predicted molar refractivity (Wildman–Crippen MR) is 110 cm³/mol. The van der Waals surface area contributed by atoms with E-state index in [2.05, 4.69) is 15.4 Å². The number of nitrogens with one attached hydrogen (secondary N) is 2. The number of amides is 3. The zero-order valence-corrected chi connectivity index (χ0v) is 18.2. The van der Waals surface area contributed by atoms with E-state index in [9.17, 15) is 27.2 Å². The van der Waals surface area contributed by atoms with Crippen molar-refractivity contribution < 1.29 is 31.9 Å². The van der Waals surface area contributed by atoms with Crippen molar-refractivity contribution in [1.82, 2.24) is 5.32 Å². The summed E-state index contributed by atoms with van der Waals surface area (Å²) in [7, 11) is -3.78. The van der Waals surface area contributed by atoms with Gasteiger partial charge < -0.3 is 10.1 Å². The van der Waals surface area contributed by atoms with E-state index in [0.717, 1.165) is 40.5 Å². The first kappa shape index (κ1) is 23.5. The first-order chi connectivity index (χ1) is 14.0. The minimum atomic E-state index is -3.78. The molecule has 1 aromatic heterocycles. The number of ether oxygens (including phenoxy) is 1. The Bertz CT molecular complexity index is 1060. The molecule has 0 fully saturated rings. The minimum absolute atomic E-state index is 0.0889. The van der Waals surface area contributed by atoms with Gasteiger partial charge in [-0.1, -0.05) is 0 Å². The van der Waals surface area contributed by atoms with E-state index >= 15 is 0 Å². The fraction of sp³-hybridized carbons (Fsp3) is 0.316. The highest BCUT2D eigenvalue weighted by Gasteiger charge is 2.24. The smallest absolute Gasteiger partial charge is 0.414 e. The van der Waals surface area contributed by atoms with Crippen LogP contribution in [0.25, 0.3) is 0 Å². The van der Waals surface area contributed by atoms with Crippen LogP contribution in [0.15, 0.2) is 29.2 Å². The first-order valence-electron chi connectivity index (χ1n) is 8.91. The lowest BCUT2D eigenvalue weighted by atomic mass is 10.1. The summed E-state index contributed by atoms with van der Waals surface area (Å²) in [6.07, 6.45) is -1.28. The molecular weight excluding hydrogens is 435 g/mol. The number of sulfone groups is 1. The normalized spacial score (nSPS) is 11.1. The van der Waals surface area contributed by atoms with E-state index in [1.807, 2.05) is 0 Å². The number of anilines is 1. The summed E-state index contributed by atoms with van der Waals surface area (Å²) in [6, 6.07) is 4.32. The predicted octanol–water partition coefficient (Wildman–Crippen LogP) is 3.19. The van der Waals surface area contributed by atoms with Crippen molar-refractivity contribution in [2.75, 3.05) is 17.7 Å². The lowest BCUT2D eigenvalue weighted by Crippen LogP contribution is -2.32. The summed E-state index contributed by atoms with van der Waals surface area (Å²) in [5.74, 6) is -2.40. The SMILES string of the molecule is CCOC(=O)NC(=O)c1c(NC(=O)CCS(=O)(=O)c2ccc(F)cc2)sc(C)c1C. The molecule has 2 rings (SSSR count). The Balaban J connectivity index is 2.09. The number of alkyl carbamates (subject to hydrolysis) is 1. The van der Waals surface area contributed by atoms with Crippen molar-refractivity contribution in [2.45, 2.75) is 32.1 Å². The van der Waals surface area contributed by atoms with Gasteiger partial charge in [0, 0.05) is 11.3 Å². The number of hydrogen-bond acceptors (Lipinski definition) is 7. The van der Waals surface area contributed by atoms with Gasteiger partial charge in [-0.05, 0) is 50.6 Å². The first-order valence-corrected chi connectivity index (χ1v) is 11.4. The Hall–Kier alpha value is -2.79. The Morgan fingerprint density at radius 1 is 1.13 bits per heavy atom. The number of carbonyl (C=O) groups excluding carboxylic acids is 3. The van der Waals surface area contributed by atoms with Gasteiger partial charge in [0.15, 0.2) is 9.84 Å². The van der Waals surface area contributed by atoms with Gasteiger partial charge in [-0.15, -0.1) is 11.3 Å². The van der Waals surface area contributed by atoms with Crippen LogP contribution in [0.3, 0.4) is 0 Å². The van der Waals surface area contributed by atoms with Crippen molar-refractivity contribution in [3.8, 4) is 0 Å². The Labute approximate surface area is 177 Å². The average molecular weight is 457 g/mol. The number of benzene rings is 1. The Kier molecular flexibility index (Phi) is 7.68. The monoisotopic (exact) mass is 456 g/mol. The maximum Gasteiger partial charge on any atom is 0.414 e. The molecule has 0 aliphatic rings. The fourth-order valence-electron chi connectivity index (χ4n) is 2.49. The largest absolute Gasteiger partial charge is 0.450 e. The maximum absolute atomic E-state index is 13.0. The summed E-state index contributed by atoms with van der Waals surface area (Å²) in [5.41, 5.74) is 0.691. The number of imide groups is 1. The lowest BCUT2D eigenvalue weighted by Gasteiger charge is -2.09. The third-order valence-corrected chi connectivity index (χ3v) is 6.98. The molecule has 30 heavy (non-hydrogen) atoms. The van der Waals surface area contributed by atoms with Crippen LogP contribution >= 0.6 is 11.3 Å². The topological polar surface area (TPSA) is 119 Å². The summed E-state index contributed by atoms with van der Waals surface area (Å²) in [5, 5.41) is 4.81. The van der Waals surface area contributed by atoms with Gasteiger partial charge in [-0.25, -0.2) is 17.6 Å². The molecule has 11 heteroatoms. The van der Waals surface area contributed by atoms with Gasteiger partial charge in [0.1, 0.15) is 10.8 Å². The number of thiophene rings is 1. The minimum Gasteiger partial charge on any atom is -0.450 e. The molecule has 0 saturated carbocycles. The van der Waals surface area contributed by atoms with Crippen LogP contribution in [0.4, 0.5) is 14.2 Å². The third kappa shape index (κ3) is 5.86. The van der Waals surface area contributed by atoms with E-state index in [0.29, 0.717) is 5.56 Å². The lowest BCUT2D eigenvalue weighted by molar-refractivity contribution is -0.115. The summed E-state index contributed by atoms with van der Waals surface area (Å²) < 4.78 is 42.3. The standard InChI is InChI=1S/C19H21FN2O6S2/c1-4-28-19(25)22-17(24)16-11(2)12(3)29-18(16)21-15(23)9-10-30(26,27)14-7-5-13(20)6-8-14/h5-8H,4,9-10H2,1-3H3,(H,21,23)(H,22,24,25). The van der Waals surface area contributed by atoms with Crippen LogP contribution in [-0.2, 0) is 19.4 Å². The number of halogens is 1. The van der Waals surface area contributed by atoms with Crippen LogP contribution in [-0.4, -0.2) is 38.7 Å². The second kappa shape index (κ2) is 9.81. The molecule has 0 saturated heterocycles. The second-order valence-electron chi connectivity index (χ2n) is 6.23. The van der Waals surface area contributed by atoms with Gasteiger partial charge in [0.05, 0.1) is 22.8 Å². The van der Waals surface area contributed by atoms with E-state index in [1.54, 1.807) is 20.8 Å². The number of carbonyl (C=O) groups is 3. The highest BCUT2D eigenvalue weighted by molar-refractivity contribution is 7.91. The third-order valence-electron chi connectivity index (χ3n) is 4.13. The van der Waals surface area contributed by atoms with Crippen LogP contribution < -0.4 is 10.6 Å². The van der Waals surface area contributed by atoms with Gasteiger partial charge in [-0.2, -0.15) is 0 Å². The van der Waals surface area contributed by atoms with E-state index in [-0.39, 0.29) is 28.5 Å². The molecule has 0 bridgehead atoms. The zero-order chi connectivity index (χ0) is 22.5. The average Bonchev–Trinajstić information content (AvgIpc) is 2.94. The maximum atomic E-state index is 13.0. The summed E-state index contributed by atoms with van der Waals surface area (Å²) in [6.45, 7) is 5.10. The zero-order valence-electron chi connectivity index (χ0n) is 16.6. The molecule has 2 N–H and O–H groups in total. The molecule has 0 aliphatic heterocycles. The van der Waals surface area contributed by atoms with Gasteiger partial charge in [0.2, 0.25) is 5.91 Å². The van der Waals surface area contributed by atoms with Crippen LogP contribution in [0.5, 0.6) is 0 Å². The molecular formula is C19H21FN2O6S2. The van der Waals surface area contributed by atoms with Crippen molar-refractivity contribution in [3.63, 3.8) is 0 Å². The van der Waals surface area contributed by atoms with Gasteiger partial charge in [0.25, 0.3) is 5.91 Å². The molecule has 1 heterocycles. The van der Waals surface area contributed by atoms with E-state index in [1.165, 1.54) is 0 Å². The van der Waals surface area contributed by atoms with Crippen molar-refractivity contribution in [1.29, 1.82) is 0 Å². The number of aryl methyl sites for hydroxylation is 1. The molecule has 0 unspecified atom stereocenters. The molecule has 0 spiro atoms. The molecule has 2 aromatic rings. The molecule has 3 amide bonds. The van der Waals surface area contributed by atoms with Crippen molar-refractivity contribution in [3.05, 3.63) is 46.1 Å². The summed E-state index contributed by atoms with van der Waals surface area (Å²) in [4.78, 5) is 36.9. The molecule has 0 radical (unpaired) electrons. The fourth-order valence-corrected chi connectivity index (χ4v) is 4.80. The van der Waals surface area contributed by atoms with E-state index in [4.69, 9.17) is 0 Å². The van der Waals surface area contributed by atoms with Crippen LogP contribution in [0.2, 0.25) is 0 Å². The molecule has 1 aromatic carbocycles. The second-order valence-corrected chi connectivity index (χ2v) is 9.57. The van der Waals surface area contributed by atoms with Crippen LogP contribution in [0.1, 0.15) is 34.1 Å². The van der Waals surface area contributed by atoms with Gasteiger partial charge in [-0.3, -0.25) is 14.9 Å². The van der Waals surface area contributed by atoms with Gasteiger partial charge >= 0.3 is 6.09 Å². The van der Waals surface area contributed by atoms with Crippen molar-refractivity contribution >= 4 is 44.1 Å². The molecule has 0 aliphatic carbocycles. The summed E-state index contributed by atoms with van der Waals surface area (Å²) >= 11 is 1.13. The molecule has 8 nitrogen and oxygen atoms in total. The molecule has 162 valence electrons. The number of rotatable bonds is 7. The quantitative estimate of drug-likeness (QED) is 0.618. The Morgan fingerprint density at radius 2 is 1.77 bits per heavy atom. The van der Waals surface area contributed by atoms with Crippen LogP contribution in [0, 0.1) is 19.7 Å². The Morgan fingerprint density at radius 3 is 2.37 bits per heavy atom.